The van der Waals surface area contributed by atoms with Crippen molar-refractivity contribution in [2.75, 3.05) is 7.11 Å². The van der Waals surface area contributed by atoms with Crippen LogP contribution < -0.4 is 14.9 Å². The van der Waals surface area contributed by atoms with Gasteiger partial charge in [-0.05, 0) is 66.9 Å². The molecule has 0 radical (unpaired) electrons. The number of aryl methyl sites for hydroxylation is 2. The predicted octanol–water partition coefficient (Wildman–Crippen LogP) is 7.24. The summed E-state index contributed by atoms with van der Waals surface area (Å²) >= 11 is 6.12. The fraction of sp³-hybridized carbons (Fsp3) is 0.185. The van der Waals surface area contributed by atoms with Gasteiger partial charge in [-0.3, -0.25) is 4.79 Å². The van der Waals surface area contributed by atoms with Gasteiger partial charge in [-0.15, -0.1) is 0 Å². The van der Waals surface area contributed by atoms with E-state index < -0.39 is 29.1 Å². The van der Waals surface area contributed by atoms with Crippen LogP contribution in [0.1, 0.15) is 32.8 Å². The number of esters is 1. The number of halogens is 4. The lowest BCUT2D eigenvalue weighted by atomic mass is 10.1. The number of ether oxygens (including phenoxy) is 3. The molecule has 0 aliphatic heterocycles. The highest BCUT2D eigenvalue weighted by atomic mass is 35.5. The average Bonchev–Trinajstić information content (AvgIpc) is 2.86. The molecule has 0 unspecified atom stereocenters. The molecule has 6 nitrogen and oxygen atoms in total. The van der Waals surface area contributed by atoms with Gasteiger partial charge in [0.15, 0.2) is 0 Å². The molecule has 0 amide bonds. The van der Waals surface area contributed by atoms with Crippen LogP contribution in [0.25, 0.3) is 11.0 Å². The summed E-state index contributed by atoms with van der Waals surface area (Å²) in [6.07, 6.45) is -5.00. The highest BCUT2D eigenvalue weighted by Crippen LogP contribution is 2.39. The van der Waals surface area contributed by atoms with Crippen LogP contribution in [0.2, 0.25) is 5.02 Å². The van der Waals surface area contributed by atoms with Crippen molar-refractivity contribution in [2.45, 2.75) is 26.6 Å². The van der Waals surface area contributed by atoms with Crippen molar-refractivity contribution in [1.29, 1.82) is 0 Å². The maximum Gasteiger partial charge on any atom is 0.453 e. The topological polar surface area (TPSA) is 75.0 Å². The lowest BCUT2D eigenvalue weighted by molar-refractivity contribution is -0.154. The molecule has 192 valence electrons. The number of methoxy groups -OCH3 is 1. The second kappa shape index (κ2) is 10.2. The van der Waals surface area contributed by atoms with Crippen LogP contribution in [0.3, 0.4) is 0 Å². The Kier molecular flexibility index (Phi) is 7.18. The molecular weight excluding hydrogens is 513 g/mol. The number of benzene rings is 3. The smallest absolute Gasteiger partial charge is 0.453 e. The molecule has 1 aromatic heterocycles. The third-order valence-electron chi connectivity index (χ3n) is 5.49. The van der Waals surface area contributed by atoms with E-state index in [1.165, 1.54) is 37.4 Å². The van der Waals surface area contributed by atoms with E-state index in [0.717, 1.165) is 0 Å². The Balaban J connectivity index is 1.66. The summed E-state index contributed by atoms with van der Waals surface area (Å²) in [5.74, 6) is -2.82. The van der Waals surface area contributed by atoms with Gasteiger partial charge in [0.05, 0.1) is 18.1 Å². The fourth-order valence-electron chi connectivity index (χ4n) is 3.63. The second-order valence-electron chi connectivity index (χ2n) is 8.20. The van der Waals surface area contributed by atoms with Gasteiger partial charge in [-0.1, -0.05) is 23.7 Å². The third-order valence-corrected chi connectivity index (χ3v) is 6.09. The van der Waals surface area contributed by atoms with Gasteiger partial charge in [-0.2, -0.15) is 13.2 Å². The van der Waals surface area contributed by atoms with E-state index >= 15 is 0 Å². The molecule has 0 aliphatic carbocycles. The lowest BCUT2D eigenvalue weighted by Crippen LogP contribution is -2.15. The summed E-state index contributed by atoms with van der Waals surface area (Å²) < 4.78 is 62.5. The Bertz CT molecular complexity index is 1520. The fourth-order valence-corrected chi connectivity index (χ4v) is 3.74. The summed E-state index contributed by atoms with van der Waals surface area (Å²) in [6, 6.07) is 13.3. The minimum absolute atomic E-state index is 0.0229. The molecule has 10 heteroatoms. The molecule has 0 bridgehead atoms. The molecule has 37 heavy (non-hydrogen) atoms. The molecule has 3 aromatic carbocycles. The summed E-state index contributed by atoms with van der Waals surface area (Å²) in [7, 11) is 1.27. The maximum absolute atomic E-state index is 13.9. The van der Waals surface area contributed by atoms with Crippen molar-refractivity contribution in [3.05, 3.63) is 97.9 Å². The summed E-state index contributed by atoms with van der Waals surface area (Å²) in [6.45, 7) is 3.40. The van der Waals surface area contributed by atoms with Crippen LogP contribution in [-0.2, 0) is 17.5 Å². The first-order chi connectivity index (χ1) is 17.5. The Morgan fingerprint density at radius 3 is 2.22 bits per heavy atom. The quantitative estimate of drug-likeness (QED) is 0.244. The van der Waals surface area contributed by atoms with Gasteiger partial charge in [-0.25, -0.2) is 4.79 Å². The number of hydrogen-bond donors (Lipinski definition) is 0. The molecule has 4 aromatic rings. The number of fused-ring (bicyclic) bond motifs is 1. The number of rotatable bonds is 6. The minimum Gasteiger partial charge on any atom is -0.489 e. The van der Waals surface area contributed by atoms with E-state index in [1.807, 2.05) is 0 Å². The van der Waals surface area contributed by atoms with Crippen LogP contribution in [0.15, 0.2) is 63.8 Å². The average molecular weight is 533 g/mol. The zero-order valence-electron chi connectivity index (χ0n) is 19.9. The van der Waals surface area contributed by atoms with Crippen LogP contribution >= 0.6 is 11.6 Å². The molecule has 1 heterocycles. The lowest BCUT2D eigenvalue weighted by Gasteiger charge is -2.15. The number of hydrogen-bond acceptors (Lipinski definition) is 6. The molecule has 0 fully saturated rings. The first-order valence-corrected chi connectivity index (χ1v) is 11.3. The summed E-state index contributed by atoms with van der Waals surface area (Å²) in [5.41, 5.74) is 0.924. The van der Waals surface area contributed by atoms with Crippen molar-refractivity contribution >= 4 is 28.5 Å². The van der Waals surface area contributed by atoms with Gasteiger partial charge in [0.1, 0.15) is 23.7 Å². The van der Waals surface area contributed by atoms with E-state index in [2.05, 4.69) is 4.74 Å². The highest BCUT2D eigenvalue weighted by Gasteiger charge is 2.40. The molecule has 0 saturated carbocycles. The second-order valence-corrected chi connectivity index (χ2v) is 8.57. The van der Waals surface area contributed by atoms with Gasteiger partial charge in [0, 0.05) is 11.1 Å². The molecule has 4 rings (SSSR count). The number of alkyl halides is 3. The van der Waals surface area contributed by atoms with E-state index in [-0.39, 0.29) is 29.1 Å². The van der Waals surface area contributed by atoms with Crippen molar-refractivity contribution < 1.29 is 36.6 Å². The molecule has 0 N–H and O–H groups in total. The van der Waals surface area contributed by atoms with Crippen molar-refractivity contribution in [2.24, 2.45) is 0 Å². The molecule has 0 aliphatic rings. The van der Waals surface area contributed by atoms with Crippen molar-refractivity contribution in [3.63, 3.8) is 0 Å². The highest BCUT2D eigenvalue weighted by molar-refractivity contribution is 6.32. The monoisotopic (exact) mass is 532 g/mol. The zero-order chi connectivity index (χ0) is 26.9. The van der Waals surface area contributed by atoms with E-state index in [0.29, 0.717) is 27.3 Å². The number of carbonyl (C=O) groups excluding carboxylic acids is 1. The first-order valence-electron chi connectivity index (χ1n) is 10.9. The van der Waals surface area contributed by atoms with E-state index in [4.69, 9.17) is 25.5 Å². The first kappa shape index (κ1) is 26.1. The van der Waals surface area contributed by atoms with Gasteiger partial charge in [0.25, 0.3) is 5.76 Å². The predicted molar refractivity (Wildman–Crippen MR) is 131 cm³/mol. The maximum atomic E-state index is 13.9. The van der Waals surface area contributed by atoms with E-state index in [1.54, 1.807) is 38.1 Å². The van der Waals surface area contributed by atoms with Gasteiger partial charge in [0.2, 0.25) is 11.2 Å². The third kappa shape index (κ3) is 5.56. The van der Waals surface area contributed by atoms with Crippen molar-refractivity contribution in [3.8, 4) is 17.2 Å². The van der Waals surface area contributed by atoms with Gasteiger partial charge < -0.3 is 18.6 Å². The van der Waals surface area contributed by atoms with Crippen LogP contribution in [-0.4, -0.2) is 13.1 Å². The Labute approximate surface area is 214 Å². The van der Waals surface area contributed by atoms with Gasteiger partial charge >= 0.3 is 12.1 Å². The molecule has 0 saturated heterocycles. The Hall–Kier alpha value is -3.98. The van der Waals surface area contributed by atoms with Crippen molar-refractivity contribution in [1.82, 2.24) is 0 Å². The normalized spacial score (nSPS) is 11.4. The SMILES string of the molecule is COC(=O)c1ccc(COc2ccc3c(=O)c(Oc4cc(C)c(Cl)c(C)c4)c(C(F)(F)F)oc3c2)cc1. The molecule has 0 spiro atoms. The molecular formula is C27H20ClF3O6. The Morgan fingerprint density at radius 2 is 1.62 bits per heavy atom. The molecule has 0 atom stereocenters. The van der Waals surface area contributed by atoms with Crippen LogP contribution in [0.4, 0.5) is 13.2 Å². The largest absolute Gasteiger partial charge is 0.489 e. The summed E-state index contributed by atoms with van der Waals surface area (Å²) in [5, 5.41) is 0.334. The minimum atomic E-state index is -5.00. The number of carbonyl (C=O) groups is 1. The zero-order valence-corrected chi connectivity index (χ0v) is 20.6. The van der Waals surface area contributed by atoms with Crippen LogP contribution in [0, 0.1) is 13.8 Å². The van der Waals surface area contributed by atoms with Crippen LogP contribution in [0.5, 0.6) is 17.2 Å². The van der Waals surface area contributed by atoms with E-state index in [9.17, 15) is 22.8 Å². The Morgan fingerprint density at radius 1 is 0.973 bits per heavy atom. The standard InChI is InChI=1S/C27H20ClF3O6/c1-14-10-19(11-15(2)22(14)28)36-24-23(32)20-9-8-18(12-21(20)37-25(24)27(29,30)31)35-13-16-4-6-17(7-5-16)26(33)34-3/h4-12H,13H2,1-3H3. The summed E-state index contributed by atoms with van der Waals surface area (Å²) in [4.78, 5) is 24.6.